The highest BCUT2D eigenvalue weighted by atomic mass is 33.1. The zero-order valence-corrected chi connectivity index (χ0v) is 51.5. The van der Waals surface area contributed by atoms with Gasteiger partial charge in [0.15, 0.2) is 0 Å². The molecule has 15 N–H and O–H groups in total. The fourth-order valence-electron chi connectivity index (χ4n) is 9.05. The van der Waals surface area contributed by atoms with Gasteiger partial charge in [0, 0.05) is 65.9 Å². The summed E-state index contributed by atoms with van der Waals surface area (Å²) >= 11 is 4.14. The average Bonchev–Trinajstić information content (AvgIpc) is 4.06. The normalized spacial score (nSPS) is 20.2. The lowest BCUT2D eigenvalue weighted by molar-refractivity contribution is -0.136. The number of urea groups is 1. The van der Waals surface area contributed by atoms with Crippen molar-refractivity contribution >= 4 is 110 Å². The number of phenols is 1. The van der Waals surface area contributed by atoms with Gasteiger partial charge in [-0.1, -0.05) is 100 Å². The van der Waals surface area contributed by atoms with Crippen LogP contribution >= 0.6 is 34.2 Å². The number of aromatic hydroxyl groups is 1. The minimum atomic E-state index is -1.78. The molecule has 11 amide bonds. The number of carbonyl (C=O) groups excluding carboxylic acids is 10. The van der Waals surface area contributed by atoms with Gasteiger partial charge in [0.25, 0.3) is 0 Å². The Morgan fingerprint density at radius 3 is 1.98 bits per heavy atom. The molecule has 0 radical (unpaired) electrons. The molecule has 6 rings (SSSR count). The van der Waals surface area contributed by atoms with Crippen molar-refractivity contribution in [3.8, 4) is 5.75 Å². The Morgan fingerprint density at radius 2 is 1.32 bits per heavy atom. The van der Waals surface area contributed by atoms with Crippen LogP contribution in [0.1, 0.15) is 63.6 Å². The van der Waals surface area contributed by atoms with E-state index in [9.17, 15) is 43.8 Å². The highest BCUT2D eigenvalue weighted by Crippen LogP contribution is 2.25. The topological polar surface area (TPSA) is 382 Å². The van der Waals surface area contributed by atoms with Gasteiger partial charge in [-0.25, -0.2) is 9.59 Å². The first-order valence-corrected chi connectivity index (χ1v) is 31.5. The maximum absolute atomic E-state index is 15.1. The molecule has 88 heavy (non-hydrogen) atoms. The predicted octanol–water partition coefficient (Wildman–Crippen LogP) is 2.37. The first-order chi connectivity index (χ1) is 42.0. The van der Waals surface area contributed by atoms with Crippen molar-refractivity contribution in [1.29, 1.82) is 0 Å². The number of primary amides is 1. The van der Waals surface area contributed by atoms with Gasteiger partial charge in [0.05, 0.1) is 6.10 Å². The Bertz CT molecular complexity index is 3210. The number of H-pyrrole nitrogens is 1. The van der Waals surface area contributed by atoms with E-state index < -0.39 is 119 Å². The number of aliphatic hydroxyl groups excluding tert-OH is 1. The van der Waals surface area contributed by atoms with Gasteiger partial charge in [0.2, 0.25) is 47.3 Å². The number of benzene rings is 4. The van der Waals surface area contributed by atoms with Crippen LogP contribution in [0.3, 0.4) is 0 Å². The number of rotatable bonds is 20. The number of aliphatic hydroxyl groups is 1. The lowest BCUT2D eigenvalue weighted by atomic mass is 10.0. The minimum absolute atomic E-state index is 0.0496. The molecule has 472 valence electrons. The summed E-state index contributed by atoms with van der Waals surface area (Å²) in [5.74, 6) is -8.40. The van der Waals surface area contributed by atoms with Gasteiger partial charge in [0.1, 0.15) is 59.7 Å². The van der Waals surface area contributed by atoms with E-state index in [1.165, 1.54) is 31.2 Å². The largest absolute Gasteiger partial charge is 0.508 e. The van der Waals surface area contributed by atoms with Gasteiger partial charge < -0.3 is 78.8 Å². The molecule has 1 aromatic heterocycles. The summed E-state index contributed by atoms with van der Waals surface area (Å²) in [5.41, 5.74) is 7.53. The van der Waals surface area contributed by atoms with Crippen LogP contribution in [-0.4, -0.2) is 158 Å². The van der Waals surface area contributed by atoms with E-state index in [1.54, 1.807) is 106 Å². The van der Waals surface area contributed by atoms with Crippen molar-refractivity contribution in [3.05, 3.63) is 132 Å². The second-order valence-corrected chi connectivity index (χ2v) is 24.7. The quantitative estimate of drug-likeness (QED) is 0.0302. The number of nitrogens with one attached hydrogen (secondary N) is 11. The Balaban J connectivity index is 1.42. The molecule has 25 nitrogen and oxygen atoms in total. The molecular weight excluding hydrogens is 1190 g/mol. The maximum Gasteiger partial charge on any atom is 0.407 e. The number of amides is 11. The lowest BCUT2D eigenvalue weighted by Crippen LogP contribution is -2.62. The number of hydrogen-bond acceptors (Lipinski definition) is 16. The number of thiol groups is 1. The molecule has 0 bridgehead atoms. The Morgan fingerprint density at radius 1 is 0.705 bits per heavy atom. The SMILES string of the molecule is C[C@@H](O)[C@@H]1NC(=O)[C@H](CCCCNC(=O)OC(C)(C)C)NC(=O)[C@@H](Cc2c[nH]c3ccccc23)NC(=O)[C@H](Cc2ccc(O)cc2)NC(=O)[C@@H](NC(=O)[C@@H](Cc2ccccc2)NC(=O)Nc2ccccc2)CSSC[C@@H](C(=O)N[C@@H](CS)C(N)=O)NC1=O. The molecule has 0 unspecified atom stereocenters. The van der Waals surface area contributed by atoms with Gasteiger partial charge >= 0.3 is 12.1 Å². The number of para-hydroxylation sites is 2. The average molecular weight is 1270 g/mol. The highest BCUT2D eigenvalue weighted by molar-refractivity contribution is 8.76. The summed E-state index contributed by atoms with van der Waals surface area (Å²) < 4.78 is 5.34. The Labute approximate surface area is 522 Å². The summed E-state index contributed by atoms with van der Waals surface area (Å²) in [6.45, 7) is 6.40. The second kappa shape index (κ2) is 33.6. The molecule has 0 aliphatic carbocycles. The van der Waals surface area contributed by atoms with Crippen LogP contribution in [0.4, 0.5) is 15.3 Å². The third kappa shape index (κ3) is 22.0. The summed E-state index contributed by atoms with van der Waals surface area (Å²) in [6.07, 6.45) is -0.848. The molecule has 5 aromatic rings. The Hall–Kier alpha value is -8.47. The molecule has 2 heterocycles. The van der Waals surface area contributed by atoms with E-state index in [2.05, 4.69) is 70.8 Å². The van der Waals surface area contributed by atoms with E-state index in [-0.39, 0.29) is 68.1 Å². The number of fused-ring (bicyclic) bond motifs is 1. The third-order valence-electron chi connectivity index (χ3n) is 13.6. The van der Waals surface area contributed by atoms with Crippen LogP contribution in [0, 0.1) is 0 Å². The van der Waals surface area contributed by atoms with Crippen LogP contribution in [0.2, 0.25) is 0 Å². The lowest BCUT2D eigenvalue weighted by Gasteiger charge is -2.29. The number of anilines is 1. The standard InChI is InChI=1S/C60H76N12O13S3/c1-34(73)49-57(82)70-48(56(81)68-46(31-86)50(61)75)33-88-87-32-47(69-53(78)44(27-35-15-7-5-8-16-35)71-58(83)64-38-17-9-6-10-18-38)55(80)66-43(28-36-22-24-39(74)25-23-36)52(77)67-45(29-37-30-63-41-20-12-11-19-40(37)41)54(79)65-42(51(76)72-49)21-13-14-26-62-59(84)85-60(2,3)4/h5-12,15-20,22-25,30,34,42-49,63,73-74,86H,13-14,21,26-29,31-33H2,1-4H3,(H2,61,75)(H,62,84)(H,65,79)(H,66,80)(H,67,77)(H,68,81)(H,69,78)(H,70,82)(H,72,76)(H2,64,71,83)/t34-,42+,43+,44-,45-,46+,47+,48+,49+/m1/s1. The number of unbranched alkanes of at least 4 members (excludes halogenated alkanes) is 1. The molecule has 1 fully saturated rings. The van der Waals surface area contributed by atoms with E-state index in [4.69, 9.17) is 10.5 Å². The fraction of sp³-hybridized carbons (Fsp3) is 0.400. The zero-order valence-electron chi connectivity index (χ0n) is 49.0. The zero-order chi connectivity index (χ0) is 63.9. The van der Waals surface area contributed by atoms with Crippen LogP contribution in [0.15, 0.2) is 115 Å². The van der Waals surface area contributed by atoms with Crippen LogP contribution in [0.25, 0.3) is 10.9 Å². The molecule has 4 aromatic carbocycles. The van der Waals surface area contributed by atoms with E-state index >= 15 is 14.4 Å². The summed E-state index contributed by atoms with van der Waals surface area (Å²) in [7, 11) is 1.88. The number of aromatic amines is 1. The monoisotopic (exact) mass is 1270 g/mol. The number of carbonyl (C=O) groups is 10. The number of nitrogens with two attached hydrogens (primary N) is 1. The van der Waals surface area contributed by atoms with Gasteiger partial charge in [-0.15, -0.1) is 0 Å². The molecule has 9 atom stereocenters. The van der Waals surface area contributed by atoms with Gasteiger partial charge in [-0.2, -0.15) is 12.6 Å². The molecular formula is C60H76N12O13S3. The van der Waals surface area contributed by atoms with E-state index in [0.717, 1.165) is 21.6 Å². The first-order valence-electron chi connectivity index (χ1n) is 28.4. The maximum atomic E-state index is 15.1. The molecule has 1 aliphatic rings. The third-order valence-corrected chi connectivity index (χ3v) is 16.4. The van der Waals surface area contributed by atoms with Crippen molar-refractivity contribution in [1.82, 2.24) is 52.8 Å². The van der Waals surface area contributed by atoms with Gasteiger partial charge in [-0.05, 0) is 94.0 Å². The minimum Gasteiger partial charge on any atom is -0.508 e. The van der Waals surface area contributed by atoms with E-state index in [0.29, 0.717) is 33.3 Å². The fourth-order valence-corrected chi connectivity index (χ4v) is 11.6. The van der Waals surface area contributed by atoms with Gasteiger partial charge in [-0.3, -0.25) is 38.4 Å². The van der Waals surface area contributed by atoms with Crippen molar-refractivity contribution in [2.24, 2.45) is 5.73 Å². The van der Waals surface area contributed by atoms with Crippen LogP contribution in [0.5, 0.6) is 5.75 Å². The Kier molecular flexibility index (Phi) is 26.2. The van der Waals surface area contributed by atoms with Crippen molar-refractivity contribution in [3.63, 3.8) is 0 Å². The van der Waals surface area contributed by atoms with Crippen molar-refractivity contribution < 1.29 is 62.9 Å². The van der Waals surface area contributed by atoms with Crippen LogP contribution < -0.4 is 58.9 Å². The van der Waals surface area contributed by atoms with Crippen molar-refractivity contribution in [2.45, 2.75) is 126 Å². The number of phenolic OH excluding ortho intramolecular Hbond substituents is 1. The number of hydrogen-bond donors (Lipinski definition) is 15. The summed E-state index contributed by atoms with van der Waals surface area (Å²) in [4.78, 5) is 144. The second-order valence-electron chi connectivity index (χ2n) is 21.8. The number of alkyl carbamates (subject to hydrolysis) is 1. The predicted molar refractivity (Wildman–Crippen MR) is 338 cm³/mol. The van der Waals surface area contributed by atoms with Crippen LogP contribution in [-0.2, 0) is 62.4 Å². The number of ether oxygens (including phenoxy) is 1. The molecule has 0 spiro atoms. The molecule has 28 heteroatoms. The summed E-state index contributed by atoms with van der Waals surface area (Å²) in [5, 5.41) is 48.7. The molecule has 1 saturated heterocycles. The molecule has 1 aliphatic heterocycles. The highest BCUT2D eigenvalue weighted by Gasteiger charge is 2.37. The van der Waals surface area contributed by atoms with Crippen molar-refractivity contribution in [2.75, 3.05) is 29.1 Å². The molecule has 0 saturated carbocycles. The summed E-state index contributed by atoms with van der Waals surface area (Å²) in [6, 6.07) is 17.4. The number of aromatic nitrogens is 1. The van der Waals surface area contributed by atoms with E-state index in [1.807, 2.05) is 6.07 Å². The first kappa shape index (κ1) is 68.6. The smallest absolute Gasteiger partial charge is 0.407 e.